The Balaban J connectivity index is 2.02. The van der Waals surface area contributed by atoms with Gasteiger partial charge >= 0.3 is 5.63 Å². The summed E-state index contributed by atoms with van der Waals surface area (Å²) in [4.78, 5) is 11.9. The van der Waals surface area contributed by atoms with E-state index in [4.69, 9.17) is 8.83 Å². The van der Waals surface area contributed by atoms with E-state index in [9.17, 15) is 4.79 Å². The van der Waals surface area contributed by atoms with Gasteiger partial charge in [0.05, 0.1) is 0 Å². The lowest BCUT2D eigenvalue weighted by Crippen LogP contribution is -2.00. The van der Waals surface area contributed by atoms with Gasteiger partial charge in [-0.05, 0) is 37.0 Å². The Kier molecular flexibility index (Phi) is 3.92. The average Bonchev–Trinajstić information content (AvgIpc) is 2.93. The predicted molar refractivity (Wildman–Crippen MR) is 101 cm³/mol. The van der Waals surface area contributed by atoms with E-state index in [1.54, 1.807) is 6.07 Å². The number of furan rings is 1. The van der Waals surface area contributed by atoms with Crippen LogP contribution in [0.15, 0.2) is 62.2 Å². The van der Waals surface area contributed by atoms with Gasteiger partial charge < -0.3 is 8.83 Å². The quantitative estimate of drug-likeness (QED) is 0.440. The second-order valence-corrected chi connectivity index (χ2v) is 6.44. The smallest absolute Gasteiger partial charge is 0.336 e. The van der Waals surface area contributed by atoms with Crippen LogP contribution in [0.5, 0.6) is 0 Å². The molecule has 0 aliphatic heterocycles. The summed E-state index contributed by atoms with van der Waals surface area (Å²) in [7, 11) is 0. The molecular weight excluding hydrogens is 312 g/mol. The molecule has 4 rings (SSSR count). The van der Waals surface area contributed by atoms with Gasteiger partial charge in [-0.3, -0.25) is 0 Å². The van der Waals surface area contributed by atoms with Crippen LogP contribution in [0.25, 0.3) is 33.1 Å². The fourth-order valence-corrected chi connectivity index (χ4v) is 3.48. The number of rotatable bonds is 4. The van der Waals surface area contributed by atoms with Crippen molar-refractivity contribution in [2.45, 2.75) is 33.1 Å². The first-order valence-corrected chi connectivity index (χ1v) is 8.72. The minimum atomic E-state index is -0.301. The Bertz CT molecular complexity index is 1100. The van der Waals surface area contributed by atoms with E-state index < -0.39 is 0 Å². The Hall–Kier alpha value is -2.81. The summed E-state index contributed by atoms with van der Waals surface area (Å²) in [5.74, 6) is 0.869. The van der Waals surface area contributed by atoms with Crippen molar-refractivity contribution in [1.29, 1.82) is 0 Å². The van der Waals surface area contributed by atoms with E-state index >= 15 is 0 Å². The van der Waals surface area contributed by atoms with Gasteiger partial charge in [0, 0.05) is 28.5 Å². The molecule has 25 heavy (non-hydrogen) atoms. The molecule has 0 radical (unpaired) electrons. The summed E-state index contributed by atoms with van der Waals surface area (Å²) in [5.41, 5.74) is 4.33. The topological polar surface area (TPSA) is 43.4 Å². The zero-order valence-corrected chi connectivity index (χ0v) is 14.5. The van der Waals surface area contributed by atoms with Gasteiger partial charge in [0.25, 0.3) is 0 Å². The highest BCUT2D eigenvalue weighted by molar-refractivity contribution is 6.03. The van der Waals surface area contributed by atoms with Gasteiger partial charge in [0.1, 0.15) is 16.9 Å². The third kappa shape index (κ3) is 2.76. The maximum atomic E-state index is 11.9. The molecule has 0 fully saturated rings. The molecular formula is C22H20O3. The summed E-state index contributed by atoms with van der Waals surface area (Å²) >= 11 is 0. The molecule has 0 unspecified atom stereocenters. The zero-order chi connectivity index (χ0) is 17.4. The van der Waals surface area contributed by atoms with E-state index in [2.05, 4.69) is 25.1 Å². The molecule has 2 heterocycles. The molecule has 0 spiro atoms. The Morgan fingerprint density at radius 1 is 0.920 bits per heavy atom. The van der Waals surface area contributed by atoms with Crippen LogP contribution in [-0.4, -0.2) is 0 Å². The van der Waals surface area contributed by atoms with E-state index in [0.717, 1.165) is 58.1 Å². The fourth-order valence-electron chi connectivity index (χ4n) is 3.48. The van der Waals surface area contributed by atoms with Gasteiger partial charge in [-0.1, -0.05) is 43.7 Å². The van der Waals surface area contributed by atoms with Crippen molar-refractivity contribution >= 4 is 21.9 Å². The van der Waals surface area contributed by atoms with Gasteiger partial charge in [0.2, 0.25) is 0 Å². The van der Waals surface area contributed by atoms with Crippen molar-refractivity contribution in [3.05, 3.63) is 70.3 Å². The third-order valence-corrected chi connectivity index (χ3v) is 4.68. The van der Waals surface area contributed by atoms with Crippen LogP contribution in [0.3, 0.4) is 0 Å². The first-order valence-electron chi connectivity index (χ1n) is 8.72. The molecule has 0 N–H and O–H groups in total. The van der Waals surface area contributed by atoms with Crippen LogP contribution >= 0.6 is 0 Å². The van der Waals surface area contributed by atoms with Crippen molar-refractivity contribution in [2.24, 2.45) is 0 Å². The van der Waals surface area contributed by atoms with Crippen molar-refractivity contribution in [2.75, 3.05) is 0 Å². The predicted octanol–water partition coefficient (Wildman–Crippen LogP) is 5.86. The number of aryl methyl sites for hydroxylation is 2. The molecule has 4 aromatic rings. The average molecular weight is 332 g/mol. The molecule has 3 heteroatoms. The second kappa shape index (κ2) is 6.25. The summed E-state index contributed by atoms with van der Waals surface area (Å²) in [6.45, 7) is 4.12. The van der Waals surface area contributed by atoms with Gasteiger partial charge in [-0.25, -0.2) is 4.79 Å². The molecule has 2 aromatic heterocycles. The first-order chi connectivity index (χ1) is 12.2. The van der Waals surface area contributed by atoms with Gasteiger partial charge in [-0.15, -0.1) is 0 Å². The Labute approximate surface area is 145 Å². The van der Waals surface area contributed by atoms with Crippen molar-refractivity contribution < 1.29 is 8.83 Å². The summed E-state index contributed by atoms with van der Waals surface area (Å²) in [5, 5.41) is 2.06. The molecule has 2 aromatic carbocycles. The number of unbranched alkanes of at least 4 members (excludes halogenated alkanes) is 1. The van der Waals surface area contributed by atoms with E-state index in [1.807, 2.05) is 31.2 Å². The maximum Gasteiger partial charge on any atom is 0.336 e. The van der Waals surface area contributed by atoms with Crippen LogP contribution in [-0.2, 0) is 6.42 Å². The Morgan fingerprint density at radius 2 is 1.68 bits per heavy atom. The first kappa shape index (κ1) is 15.7. The van der Waals surface area contributed by atoms with E-state index in [1.165, 1.54) is 0 Å². The van der Waals surface area contributed by atoms with Crippen molar-refractivity contribution in [3.8, 4) is 11.1 Å². The van der Waals surface area contributed by atoms with Gasteiger partial charge in [0.15, 0.2) is 0 Å². The number of hydrogen-bond donors (Lipinski definition) is 0. The monoisotopic (exact) mass is 332 g/mol. The normalized spacial score (nSPS) is 11.4. The highest BCUT2D eigenvalue weighted by atomic mass is 16.4. The standard InChI is InChI=1S/C22H20O3/c1-3-4-8-16-11-21(23)25-19-13-20-18(12-17(16)19)22(14(2)24-20)15-9-6-5-7-10-15/h5-7,9-13H,3-4,8H2,1-2H3. The molecule has 0 atom stereocenters. The van der Waals surface area contributed by atoms with E-state index in [-0.39, 0.29) is 5.63 Å². The lowest BCUT2D eigenvalue weighted by Gasteiger charge is -2.06. The summed E-state index contributed by atoms with van der Waals surface area (Å²) < 4.78 is 11.4. The second-order valence-electron chi connectivity index (χ2n) is 6.44. The molecule has 126 valence electrons. The highest BCUT2D eigenvalue weighted by Gasteiger charge is 2.16. The molecule has 0 aliphatic carbocycles. The van der Waals surface area contributed by atoms with Crippen LogP contribution < -0.4 is 5.63 Å². The largest absolute Gasteiger partial charge is 0.461 e. The fraction of sp³-hybridized carbons (Fsp3) is 0.227. The lowest BCUT2D eigenvalue weighted by atomic mass is 9.98. The molecule has 3 nitrogen and oxygen atoms in total. The molecule has 0 amide bonds. The summed E-state index contributed by atoms with van der Waals surface area (Å²) in [6, 6.07) is 15.8. The number of fused-ring (bicyclic) bond motifs is 2. The minimum Gasteiger partial charge on any atom is -0.461 e. The maximum absolute atomic E-state index is 11.9. The highest BCUT2D eigenvalue weighted by Crippen LogP contribution is 2.37. The minimum absolute atomic E-state index is 0.301. The number of hydrogen-bond acceptors (Lipinski definition) is 3. The van der Waals surface area contributed by atoms with Crippen molar-refractivity contribution in [1.82, 2.24) is 0 Å². The van der Waals surface area contributed by atoms with Crippen LogP contribution in [0, 0.1) is 6.92 Å². The van der Waals surface area contributed by atoms with Crippen LogP contribution in [0.2, 0.25) is 0 Å². The molecule has 0 saturated heterocycles. The molecule has 0 bridgehead atoms. The SMILES string of the molecule is CCCCc1cc(=O)oc2cc3oc(C)c(-c4ccccc4)c3cc12. The Morgan fingerprint density at radius 3 is 2.44 bits per heavy atom. The lowest BCUT2D eigenvalue weighted by molar-refractivity contribution is 0.554. The van der Waals surface area contributed by atoms with Crippen molar-refractivity contribution in [3.63, 3.8) is 0 Å². The van der Waals surface area contributed by atoms with Crippen LogP contribution in [0.1, 0.15) is 31.1 Å². The van der Waals surface area contributed by atoms with Gasteiger partial charge in [-0.2, -0.15) is 0 Å². The molecule has 0 saturated carbocycles. The molecule has 0 aliphatic rings. The number of benzene rings is 2. The third-order valence-electron chi connectivity index (χ3n) is 4.68. The van der Waals surface area contributed by atoms with E-state index in [0.29, 0.717) is 5.58 Å². The van der Waals surface area contributed by atoms with Crippen LogP contribution in [0.4, 0.5) is 0 Å². The zero-order valence-electron chi connectivity index (χ0n) is 14.5. The summed E-state index contributed by atoms with van der Waals surface area (Å²) in [6.07, 6.45) is 3.01.